The van der Waals surface area contributed by atoms with Crippen molar-refractivity contribution in [3.05, 3.63) is 94.3 Å². The Hall–Kier alpha value is -2.85. The molecule has 0 N–H and O–H groups in total. The summed E-state index contributed by atoms with van der Waals surface area (Å²) < 4.78 is 49.6. The maximum absolute atomic E-state index is 15.0. The van der Waals surface area contributed by atoms with Crippen molar-refractivity contribution >= 4 is 12.2 Å². The fraction of sp³-hybridized carbons (Fsp3) is 0.333. The standard InChI is InChI=1S/C30H31F3O/c1-3-34-19-22-9-15-25(28(31)18-22)14-8-21-6-12-24(13-7-21)27-17-16-26(29(32)30(27)33)23-10-4-20(2)5-11-23/h6-9,12-18,20,23H,3-5,10-11,19H2,1-2H3/b14-8+. The molecule has 4 rings (SSSR count). The van der Waals surface area contributed by atoms with E-state index < -0.39 is 11.6 Å². The average molecular weight is 465 g/mol. The number of halogens is 3. The molecule has 0 radical (unpaired) electrons. The van der Waals surface area contributed by atoms with Crippen LogP contribution in [0.25, 0.3) is 23.3 Å². The average Bonchev–Trinajstić information content (AvgIpc) is 2.85. The van der Waals surface area contributed by atoms with Crippen LogP contribution in [0.3, 0.4) is 0 Å². The third-order valence-corrected chi connectivity index (χ3v) is 6.78. The van der Waals surface area contributed by atoms with Gasteiger partial charge in [0.1, 0.15) is 5.82 Å². The Kier molecular flexibility index (Phi) is 7.89. The number of benzene rings is 3. The normalized spacial score (nSPS) is 18.5. The molecule has 4 heteroatoms. The van der Waals surface area contributed by atoms with Gasteiger partial charge in [-0.1, -0.05) is 80.4 Å². The van der Waals surface area contributed by atoms with Crippen LogP contribution in [-0.2, 0) is 11.3 Å². The molecule has 1 fully saturated rings. The third kappa shape index (κ3) is 5.61. The maximum Gasteiger partial charge on any atom is 0.166 e. The predicted octanol–water partition coefficient (Wildman–Crippen LogP) is 8.77. The second-order valence-corrected chi connectivity index (χ2v) is 9.24. The van der Waals surface area contributed by atoms with E-state index in [1.165, 1.54) is 6.07 Å². The van der Waals surface area contributed by atoms with Gasteiger partial charge in [-0.25, -0.2) is 13.2 Å². The summed E-state index contributed by atoms with van der Waals surface area (Å²) in [4.78, 5) is 0. The van der Waals surface area contributed by atoms with Gasteiger partial charge in [-0.15, -0.1) is 0 Å². The molecule has 0 aliphatic heterocycles. The van der Waals surface area contributed by atoms with E-state index in [4.69, 9.17) is 4.74 Å². The first-order chi connectivity index (χ1) is 16.5. The Morgan fingerprint density at radius 3 is 2.26 bits per heavy atom. The molecule has 0 bridgehead atoms. The Labute approximate surface area is 200 Å². The smallest absolute Gasteiger partial charge is 0.166 e. The molecule has 1 nitrogen and oxygen atoms in total. The van der Waals surface area contributed by atoms with Gasteiger partial charge >= 0.3 is 0 Å². The lowest BCUT2D eigenvalue weighted by atomic mass is 9.79. The van der Waals surface area contributed by atoms with E-state index in [0.717, 1.165) is 36.8 Å². The van der Waals surface area contributed by atoms with Crippen molar-refractivity contribution in [1.29, 1.82) is 0 Å². The van der Waals surface area contributed by atoms with Gasteiger partial charge in [0.15, 0.2) is 11.6 Å². The van der Waals surface area contributed by atoms with Crippen molar-refractivity contribution in [2.24, 2.45) is 5.92 Å². The lowest BCUT2D eigenvalue weighted by Crippen LogP contribution is -2.13. The van der Waals surface area contributed by atoms with Gasteiger partial charge in [-0.05, 0) is 59.9 Å². The molecule has 3 aromatic carbocycles. The largest absolute Gasteiger partial charge is 0.377 e. The zero-order valence-electron chi connectivity index (χ0n) is 19.8. The lowest BCUT2D eigenvalue weighted by molar-refractivity contribution is 0.134. The van der Waals surface area contributed by atoms with Crippen LogP contribution in [0.15, 0.2) is 54.6 Å². The molecule has 0 amide bonds. The minimum absolute atomic E-state index is 0.0981. The van der Waals surface area contributed by atoms with Crippen LogP contribution in [0.5, 0.6) is 0 Å². The van der Waals surface area contributed by atoms with Gasteiger partial charge in [0, 0.05) is 17.7 Å². The first-order valence-electron chi connectivity index (χ1n) is 12.1. The molecule has 0 atom stereocenters. The van der Waals surface area contributed by atoms with E-state index in [1.54, 1.807) is 42.5 Å². The van der Waals surface area contributed by atoms with Crippen molar-refractivity contribution in [1.82, 2.24) is 0 Å². The van der Waals surface area contributed by atoms with Gasteiger partial charge in [0.05, 0.1) is 6.61 Å². The number of ether oxygens (including phenoxy) is 1. The summed E-state index contributed by atoms with van der Waals surface area (Å²) in [6, 6.07) is 15.7. The van der Waals surface area contributed by atoms with Crippen molar-refractivity contribution in [2.45, 2.75) is 52.1 Å². The molecule has 34 heavy (non-hydrogen) atoms. The van der Waals surface area contributed by atoms with Gasteiger partial charge in [-0.3, -0.25) is 0 Å². The Balaban J connectivity index is 1.48. The highest BCUT2D eigenvalue weighted by molar-refractivity contribution is 5.72. The molecule has 3 aromatic rings. The van der Waals surface area contributed by atoms with Gasteiger partial charge < -0.3 is 4.74 Å². The Bertz CT molecular complexity index is 1140. The minimum Gasteiger partial charge on any atom is -0.377 e. The summed E-state index contributed by atoms with van der Waals surface area (Å²) >= 11 is 0. The molecule has 1 saturated carbocycles. The van der Waals surface area contributed by atoms with Crippen LogP contribution in [0.2, 0.25) is 0 Å². The summed E-state index contributed by atoms with van der Waals surface area (Å²) in [6.07, 6.45) is 7.44. The van der Waals surface area contributed by atoms with Crippen LogP contribution >= 0.6 is 0 Å². The monoisotopic (exact) mass is 464 g/mol. The maximum atomic E-state index is 15.0. The predicted molar refractivity (Wildman–Crippen MR) is 133 cm³/mol. The molecular weight excluding hydrogens is 433 g/mol. The quantitative estimate of drug-likeness (QED) is 0.318. The van der Waals surface area contributed by atoms with E-state index in [2.05, 4.69) is 6.92 Å². The van der Waals surface area contributed by atoms with E-state index in [9.17, 15) is 13.2 Å². The topological polar surface area (TPSA) is 9.23 Å². The van der Waals surface area contributed by atoms with E-state index >= 15 is 0 Å². The molecule has 0 unspecified atom stereocenters. The first kappa shape index (κ1) is 24.3. The van der Waals surface area contributed by atoms with Crippen molar-refractivity contribution in [3.8, 4) is 11.1 Å². The Morgan fingerprint density at radius 2 is 1.59 bits per heavy atom. The fourth-order valence-electron chi connectivity index (χ4n) is 4.65. The van der Waals surface area contributed by atoms with E-state index in [0.29, 0.717) is 35.8 Å². The highest BCUT2D eigenvalue weighted by Gasteiger charge is 2.25. The summed E-state index contributed by atoms with van der Waals surface area (Å²) in [5.41, 5.74) is 3.49. The van der Waals surface area contributed by atoms with Crippen LogP contribution in [-0.4, -0.2) is 6.61 Å². The molecule has 0 spiro atoms. The minimum atomic E-state index is -0.784. The number of hydrogen-bond donors (Lipinski definition) is 0. The number of hydrogen-bond acceptors (Lipinski definition) is 1. The first-order valence-corrected chi connectivity index (χ1v) is 12.1. The van der Waals surface area contributed by atoms with Crippen LogP contribution in [0.4, 0.5) is 13.2 Å². The highest BCUT2D eigenvalue weighted by atomic mass is 19.2. The molecule has 0 heterocycles. The molecule has 0 aromatic heterocycles. The highest BCUT2D eigenvalue weighted by Crippen LogP contribution is 2.38. The van der Waals surface area contributed by atoms with Gasteiger partial charge in [-0.2, -0.15) is 0 Å². The zero-order valence-corrected chi connectivity index (χ0v) is 19.8. The summed E-state index contributed by atoms with van der Waals surface area (Å²) in [5, 5.41) is 0. The molecule has 178 valence electrons. The molecule has 1 aliphatic carbocycles. The SMILES string of the molecule is CCOCc1ccc(/C=C/c2ccc(-c3ccc(C4CCC(C)CC4)c(F)c3F)cc2)c(F)c1. The van der Waals surface area contributed by atoms with Crippen molar-refractivity contribution in [2.75, 3.05) is 6.61 Å². The van der Waals surface area contributed by atoms with Gasteiger partial charge in [0.25, 0.3) is 0 Å². The zero-order chi connectivity index (χ0) is 24.1. The van der Waals surface area contributed by atoms with Crippen LogP contribution in [0, 0.1) is 23.4 Å². The lowest BCUT2D eigenvalue weighted by Gasteiger charge is -2.27. The summed E-state index contributed by atoms with van der Waals surface area (Å²) in [7, 11) is 0. The van der Waals surface area contributed by atoms with Crippen LogP contribution < -0.4 is 0 Å². The van der Waals surface area contributed by atoms with Crippen molar-refractivity contribution in [3.63, 3.8) is 0 Å². The molecular formula is C30H31F3O. The molecule has 1 aliphatic rings. The second kappa shape index (κ2) is 11.1. The van der Waals surface area contributed by atoms with Crippen LogP contribution in [0.1, 0.15) is 67.7 Å². The second-order valence-electron chi connectivity index (χ2n) is 9.24. The third-order valence-electron chi connectivity index (χ3n) is 6.78. The summed E-state index contributed by atoms with van der Waals surface area (Å²) in [6.45, 7) is 5.08. The molecule has 0 saturated heterocycles. The fourth-order valence-corrected chi connectivity index (χ4v) is 4.65. The number of rotatable bonds is 7. The van der Waals surface area contributed by atoms with E-state index in [-0.39, 0.29) is 17.3 Å². The van der Waals surface area contributed by atoms with Crippen molar-refractivity contribution < 1.29 is 17.9 Å². The van der Waals surface area contributed by atoms with E-state index in [1.807, 2.05) is 25.1 Å². The van der Waals surface area contributed by atoms with Gasteiger partial charge in [0.2, 0.25) is 0 Å². The Morgan fingerprint density at radius 1 is 0.853 bits per heavy atom. The summed E-state index contributed by atoms with van der Waals surface area (Å²) in [5.74, 6) is -1.05.